The van der Waals surface area contributed by atoms with E-state index in [0.717, 1.165) is 25.1 Å². The Morgan fingerprint density at radius 2 is 1.57 bits per heavy atom. The van der Waals surface area contributed by atoms with Crippen molar-refractivity contribution in [2.24, 2.45) is 9.98 Å². The molecule has 0 unspecified atom stereocenters. The minimum absolute atomic E-state index is 0.186. The molecule has 2 fully saturated rings. The Morgan fingerprint density at radius 3 is 2.17 bits per heavy atom. The van der Waals surface area contributed by atoms with Crippen molar-refractivity contribution in [1.29, 1.82) is 0 Å². The fourth-order valence-corrected chi connectivity index (χ4v) is 3.09. The van der Waals surface area contributed by atoms with Crippen molar-refractivity contribution >= 4 is 23.5 Å². The lowest BCUT2D eigenvalue weighted by molar-refractivity contribution is 0.564. The Morgan fingerprint density at radius 1 is 0.957 bits per heavy atom. The smallest absolute Gasteiger partial charge is 0.240 e. The van der Waals surface area contributed by atoms with E-state index in [1.807, 2.05) is 42.5 Å². The number of isocyanates is 2. The maximum Gasteiger partial charge on any atom is 0.240 e. The third kappa shape index (κ3) is 2.43. The van der Waals surface area contributed by atoms with Gasteiger partial charge in [0.25, 0.3) is 0 Å². The van der Waals surface area contributed by atoms with E-state index in [1.54, 1.807) is 12.2 Å². The average molecular weight is 303 g/mol. The van der Waals surface area contributed by atoms with E-state index in [-0.39, 0.29) is 5.54 Å². The predicted molar refractivity (Wildman–Crippen MR) is 84.5 cm³/mol. The summed E-state index contributed by atoms with van der Waals surface area (Å²) in [7, 11) is 0. The molecule has 2 saturated heterocycles. The minimum Gasteiger partial charge on any atom is -0.287 e. The molecule has 112 valence electrons. The Balaban J connectivity index is 1.65. The van der Waals surface area contributed by atoms with Gasteiger partial charge in [0.2, 0.25) is 12.2 Å². The topological polar surface area (TPSA) is 61.9 Å². The molecule has 0 N–H and O–H groups in total. The van der Waals surface area contributed by atoms with Crippen LogP contribution in [0.1, 0.15) is 16.7 Å². The first-order valence-electron chi connectivity index (χ1n) is 7.38. The molecule has 0 bridgehead atoms. The van der Waals surface area contributed by atoms with E-state index in [4.69, 9.17) is 0 Å². The Hall–Kier alpha value is -2.84. The molecule has 5 heteroatoms. The zero-order chi connectivity index (χ0) is 15.9. The number of fused-ring (bicyclic) bond motifs is 1. The molecular weight excluding hydrogens is 290 g/mol. The van der Waals surface area contributed by atoms with Crippen LogP contribution in [-0.4, -0.2) is 30.1 Å². The van der Waals surface area contributed by atoms with Crippen molar-refractivity contribution < 1.29 is 9.59 Å². The van der Waals surface area contributed by atoms with Crippen LogP contribution in [0.5, 0.6) is 0 Å². The first-order chi connectivity index (χ1) is 11.2. The van der Waals surface area contributed by atoms with Gasteiger partial charge in [-0.15, -0.1) is 0 Å². The number of rotatable bonds is 5. The standard InChI is InChI=1S/C18H13N3O2/c22-11-19-15-4-1-13(2-5-15)7-14-3-6-16(20-12-23)8-17(14)18-9-21(18)10-18/h1-6,8H,7,9-10H2. The Bertz CT molecular complexity index is 870. The van der Waals surface area contributed by atoms with Gasteiger partial charge in [0.1, 0.15) is 0 Å². The summed E-state index contributed by atoms with van der Waals surface area (Å²) in [6, 6.07) is 13.4. The van der Waals surface area contributed by atoms with Crippen LogP contribution in [-0.2, 0) is 21.5 Å². The third-order valence-corrected chi connectivity index (χ3v) is 4.58. The van der Waals surface area contributed by atoms with Crippen LogP contribution in [0.3, 0.4) is 0 Å². The first-order valence-corrected chi connectivity index (χ1v) is 7.38. The second-order valence-electron chi connectivity index (χ2n) is 5.98. The number of nitrogens with zero attached hydrogens (tertiary/aromatic N) is 3. The van der Waals surface area contributed by atoms with Gasteiger partial charge < -0.3 is 0 Å². The van der Waals surface area contributed by atoms with E-state index in [9.17, 15) is 9.59 Å². The number of hydrogen-bond donors (Lipinski definition) is 0. The lowest BCUT2D eigenvalue weighted by Gasteiger charge is -2.11. The van der Waals surface area contributed by atoms with Crippen LogP contribution in [0.15, 0.2) is 52.4 Å². The van der Waals surface area contributed by atoms with Crippen molar-refractivity contribution in [2.45, 2.75) is 12.0 Å². The van der Waals surface area contributed by atoms with Crippen LogP contribution in [0.25, 0.3) is 0 Å². The van der Waals surface area contributed by atoms with E-state index < -0.39 is 0 Å². The van der Waals surface area contributed by atoms with E-state index in [1.165, 1.54) is 11.1 Å². The summed E-state index contributed by atoms with van der Waals surface area (Å²) in [5.41, 5.74) is 5.08. The van der Waals surface area contributed by atoms with Gasteiger partial charge in [-0.1, -0.05) is 18.2 Å². The largest absolute Gasteiger partial charge is 0.287 e. The summed E-state index contributed by atoms with van der Waals surface area (Å²) in [5.74, 6) is 0. The SMILES string of the molecule is O=C=Nc1ccc(Cc2ccc(N=C=O)cc2C23CN2C3)cc1. The molecule has 2 heterocycles. The molecule has 2 aliphatic heterocycles. The van der Waals surface area contributed by atoms with Gasteiger partial charge in [-0.2, -0.15) is 9.98 Å². The van der Waals surface area contributed by atoms with Crippen LogP contribution >= 0.6 is 0 Å². The van der Waals surface area contributed by atoms with Gasteiger partial charge in [-0.3, -0.25) is 4.90 Å². The van der Waals surface area contributed by atoms with Crippen molar-refractivity contribution in [3.63, 3.8) is 0 Å². The van der Waals surface area contributed by atoms with Gasteiger partial charge in [0.15, 0.2) is 0 Å². The highest BCUT2D eigenvalue weighted by Crippen LogP contribution is 2.58. The highest BCUT2D eigenvalue weighted by molar-refractivity contribution is 5.57. The van der Waals surface area contributed by atoms with E-state index in [0.29, 0.717) is 11.4 Å². The molecule has 0 saturated carbocycles. The van der Waals surface area contributed by atoms with Crippen molar-refractivity contribution in [1.82, 2.24) is 4.90 Å². The molecule has 4 rings (SSSR count). The van der Waals surface area contributed by atoms with Crippen molar-refractivity contribution in [3.05, 3.63) is 59.2 Å². The van der Waals surface area contributed by atoms with Gasteiger partial charge in [0.05, 0.1) is 16.9 Å². The van der Waals surface area contributed by atoms with Crippen LogP contribution < -0.4 is 0 Å². The normalized spacial score (nSPS) is 23.2. The molecule has 0 amide bonds. The molecule has 0 atom stereocenters. The molecule has 23 heavy (non-hydrogen) atoms. The molecule has 0 radical (unpaired) electrons. The molecule has 2 aliphatic rings. The van der Waals surface area contributed by atoms with Gasteiger partial charge in [-0.25, -0.2) is 9.59 Å². The number of carbonyl (C=O) groups excluding carboxylic acids is 2. The highest BCUT2D eigenvalue weighted by atomic mass is 16.1. The fourth-order valence-electron chi connectivity index (χ4n) is 3.09. The van der Waals surface area contributed by atoms with Crippen molar-refractivity contribution in [3.8, 4) is 0 Å². The summed E-state index contributed by atoms with van der Waals surface area (Å²) < 4.78 is 0. The lowest BCUT2D eigenvalue weighted by Crippen LogP contribution is -2.05. The molecule has 2 aromatic rings. The van der Waals surface area contributed by atoms with Gasteiger partial charge in [0, 0.05) is 13.1 Å². The number of benzene rings is 2. The second kappa shape index (κ2) is 5.11. The molecule has 0 spiro atoms. The molecule has 2 aromatic carbocycles. The Kier molecular flexibility index (Phi) is 3.07. The highest BCUT2D eigenvalue weighted by Gasteiger charge is 2.69. The number of hydrogen-bond acceptors (Lipinski definition) is 5. The summed E-state index contributed by atoms with van der Waals surface area (Å²) >= 11 is 0. The zero-order valence-electron chi connectivity index (χ0n) is 12.3. The molecule has 0 aliphatic carbocycles. The van der Waals surface area contributed by atoms with Crippen LogP contribution in [0.4, 0.5) is 11.4 Å². The Labute approximate surface area is 133 Å². The first kappa shape index (κ1) is 13.8. The maximum atomic E-state index is 10.5. The van der Waals surface area contributed by atoms with Crippen LogP contribution in [0.2, 0.25) is 0 Å². The average Bonchev–Trinajstić information content (AvgIpc) is 3.41. The maximum absolute atomic E-state index is 10.5. The van der Waals surface area contributed by atoms with Gasteiger partial charge >= 0.3 is 0 Å². The zero-order valence-corrected chi connectivity index (χ0v) is 12.3. The molecule has 5 nitrogen and oxygen atoms in total. The lowest BCUT2D eigenvalue weighted by atomic mass is 9.92. The quantitative estimate of drug-likeness (QED) is 0.485. The van der Waals surface area contributed by atoms with E-state index >= 15 is 0 Å². The summed E-state index contributed by atoms with van der Waals surface area (Å²) in [6.07, 6.45) is 3.94. The van der Waals surface area contributed by atoms with E-state index in [2.05, 4.69) is 14.9 Å². The fraction of sp³-hybridized carbons (Fsp3) is 0.222. The number of aliphatic imine (C=N–C) groups is 2. The molecule has 0 aromatic heterocycles. The summed E-state index contributed by atoms with van der Waals surface area (Å²) in [4.78, 5) is 30.5. The minimum atomic E-state index is 0.186. The summed E-state index contributed by atoms with van der Waals surface area (Å²) in [6.45, 7) is 2.17. The second-order valence-corrected chi connectivity index (χ2v) is 5.98. The third-order valence-electron chi connectivity index (χ3n) is 4.58. The van der Waals surface area contributed by atoms with Gasteiger partial charge in [-0.05, 0) is 47.4 Å². The van der Waals surface area contributed by atoms with Crippen molar-refractivity contribution in [2.75, 3.05) is 13.1 Å². The monoisotopic (exact) mass is 303 g/mol. The van der Waals surface area contributed by atoms with Crippen LogP contribution in [0, 0.1) is 0 Å². The molecular formula is C18H13N3O2. The summed E-state index contributed by atoms with van der Waals surface area (Å²) in [5, 5.41) is 0. The predicted octanol–water partition coefficient (Wildman–Crippen LogP) is 2.74.